The summed E-state index contributed by atoms with van der Waals surface area (Å²) in [5, 5.41) is 0.629. The molecule has 1 aromatic heterocycles. The van der Waals surface area contributed by atoms with Crippen LogP contribution in [-0.2, 0) is 11.2 Å². The molecule has 0 amide bonds. The average Bonchev–Trinajstić information content (AvgIpc) is 2.54. The second-order valence-electron chi connectivity index (χ2n) is 3.10. The third kappa shape index (κ3) is 1.86. The Balaban J connectivity index is 2.31. The van der Waals surface area contributed by atoms with Gasteiger partial charge < -0.3 is 10.5 Å². The Morgan fingerprint density at radius 2 is 2.36 bits per heavy atom. The number of ether oxygens (including phenoxy) is 1. The van der Waals surface area contributed by atoms with Crippen LogP contribution in [0.15, 0.2) is 18.2 Å². The van der Waals surface area contributed by atoms with Crippen molar-refractivity contribution in [3.63, 3.8) is 0 Å². The quantitative estimate of drug-likeness (QED) is 0.840. The fourth-order valence-corrected chi connectivity index (χ4v) is 2.16. The molecular formula is C10H12N2OS. The lowest BCUT2D eigenvalue weighted by Gasteiger charge is -1.99. The van der Waals surface area contributed by atoms with E-state index in [1.807, 2.05) is 6.07 Å². The first kappa shape index (κ1) is 9.43. The highest BCUT2D eigenvalue weighted by Crippen LogP contribution is 2.24. The maximum atomic E-state index is 5.62. The van der Waals surface area contributed by atoms with Gasteiger partial charge in [-0.1, -0.05) is 17.4 Å². The Hall–Kier alpha value is -1.13. The smallest absolute Gasteiger partial charge is 0.181 e. The Labute approximate surface area is 86.5 Å². The molecule has 74 valence electrons. The number of benzene rings is 1. The first-order valence-corrected chi connectivity index (χ1v) is 5.25. The molecule has 0 atom stereocenters. The van der Waals surface area contributed by atoms with Crippen molar-refractivity contribution in [1.82, 2.24) is 4.98 Å². The van der Waals surface area contributed by atoms with Crippen molar-refractivity contribution in [2.75, 3.05) is 19.5 Å². The van der Waals surface area contributed by atoms with Crippen LogP contribution in [0.3, 0.4) is 0 Å². The molecule has 0 saturated heterocycles. The maximum Gasteiger partial charge on any atom is 0.181 e. The summed E-state index contributed by atoms with van der Waals surface area (Å²) in [5.74, 6) is 0. The largest absolute Gasteiger partial charge is 0.384 e. The number of nitrogens with two attached hydrogens (primary N) is 1. The van der Waals surface area contributed by atoms with E-state index in [0.717, 1.165) is 23.2 Å². The summed E-state index contributed by atoms with van der Waals surface area (Å²) >= 11 is 1.53. The zero-order chi connectivity index (χ0) is 9.97. The maximum absolute atomic E-state index is 5.62. The molecule has 14 heavy (non-hydrogen) atoms. The number of methoxy groups -OCH3 is 1. The van der Waals surface area contributed by atoms with Gasteiger partial charge in [-0.15, -0.1) is 0 Å². The molecule has 0 bridgehead atoms. The molecule has 1 aromatic carbocycles. The molecule has 2 aromatic rings. The highest BCUT2D eigenvalue weighted by atomic mass is 32.1. The van der Waals surface area contributed by atoms with Gasteiger partial charge in [0.2, 0.25) is 0 Å². The number of anilines is 1. The highest BCUT2D eigenvalue weighted by Gasteiger charge is 2.01. The molecule has 0 unspecified atom stereocenters. The van der Waals surface area contributed by atoms with Gasteiger partial charge in [0.25, 0.3) is 0 Å². The second-order valence-corrected chi connectivity index (χ2v) is 4.16. The van der Waals surface area contributed by atoms with Crippen molar-refractivity contribution in [1.29, 1.82) is 0 Å². The van der Waals surface area contributed by atoms with Crippen molar-refractivity contribution in [2.45, 2.75) is 6.42 Å². The van der Waals surface area contributed by atoms with Crippen molar-refractivity contribution in [2.24, 2.45) is 0 Å². The first-order chi connectivity index (χ1) is 6.79. The summed E-state index contributed by atoms with van der Waals surface area (Å²) in [5.41, 5.74) is 7.87. The summed E-state index contributed by atoms with van der Waals surface area (Å²) in [4.78, 5) is 4.20. The Bertz CT molecular complexity index is 439. The molecule has 0 spiro atoms. The third-order valence-electron chi connectivity index (χ3n) is 2.06. The van der Waals surface area contributed by atoms with Crippen LogP contribution in [0.2, 0.25) is 0 Å². The molecule has 0 fully saturated rings. The zero-order valence-corrected chi connectivity index (χ0v) is 8.80. The number of fused-ring (bicyclic) bond motifs is 1. The van der Waals surface area contributed by atoms with Crippen LogP contribution in [0.25, 0.3) is 10.2 Å². The average molecular weight is 208 g/mol. The number of thiazole rings is 1. The summed E-state index contributed by atoms with van der Waals surface area (Å²) < 4.78 is 6.18. The van der Waals surface area contributed by atoms with Gasteiger partial charge in [0.05, 0.1) is 16.8 Å². The lowest BCUT2D eigenvalue weighted by Crippen LogP contribution is -1.93. The van der Waals surface area contributed by atoms with Gasteiger partial charge in [-0.05, 0) is 24.1 Å². The van der Waals surface area contributed by atoms with Gasteiger partial charge in [0.15, 0.2) is 5.13 Å². The monoisotopic (exact) mass is 208 g/mol. The van der Waals surface area contributed by atoms with E-state index in [4.69, 9.17) is 10.5 Å². The summed E-state index contributed by atoms with van der Waals surface area (Å²) in [6, 6.07) is 6.20. The highest BCUT2D eigenvalue weighted by molar-refractivity contribution is 7.22. The molecule has 2 rings (SSSR count). The van der Waals surface area contributed by atoms with Gasteiger partial charge in [-0.25, -0.2) is 4.98 Å². The number of rotatable bonds is 3. The number of hydrogen-bond acceptors (Lipinski definition) is 4. The SMILES string of the molecule is COCCc1ccc2nc(N)sc2c1. The minimum Gasteiger partial charge on any atom is -0.384 e. The van der Waals surface area contributed by atoms with Gasteiger partial charge in [0.1, 0.15) is 0 Å². The molecule has 0 aliphatic heterocycles. The number of aromatic nitrogens is 1. The van der Waals surface area contributed by atoms with Crippen molar-refractivity contribution in [3.05, 3.63) is 23.8 Å². The van der Waals surface area contributed by atoms with Crippen LogP contribution in [0.5, 0.6) is 0 Å². The predicted molar refractivity (Wildman–Crippen MR) is 59.6 cm³/mol. The van der Waals surface area contributed by atoms with Crippen LogP contribution < -0.4 is 5.73 Å². The van der Waals surface area contributed by atoms with Crippen LogP contribution in [-0.4, -0.2) is 18.7 Å². The molecule has 4 heteroatoms. The van der Waals surface area contributed by atoms with Crippen molar-refractivity contribution in [3.8, 4) is 0 Å². The minimum atomic E-state index is 0.629. The van der Waals surface area contributed by atoms with Crippen LogP contribution in [0.4, 0.5) is 5.13 Å². The number of hydrogen-bond donors (Lipinski definition) is 1. The van der Waals surface area contributed by atoms with Crippen molar-refractivity contribution >= 4 is 26.7 Å². The minimum absolute atomic E-state index is 0.629. The van der Waals surface area contributed by atoms with E-state index >= 15 is 0 Å². The van der Waals surface area contributed by atoms with Crippen molar-refractivity contribution < 1.29 is 4.74 Å². The Kier molecular flexibility index (Phi) is 2.65. The second kappa shape index (κ2) is 3.94. The zero-order valence-electron chi connectivity index (χ0n) is 7.99. The molecule has 2 N–H and O–H groups in total. The van der Waals surface area contributed by atoms with Crippen LogP contribution in [0, 0.1) is 0 Å². The normalized spacial score (nSPS) is 10.9. The Morgan fingerprint density at radius 3 is 3.14 bits per heavy atom. The van der Waals surface area contributed by atoms with Gasteiger partial charge >= 0.3 is 0 Å². The molecular weight excluding hydrogens is 196 g/mol. The van der Waals surface area contributed by atoms with Gasteiger partial charge in [0, 0.05) is 7.11 Å². The number of nitrogens with zero attached hydrogens (tertiary/aromatic N) is 1. The Morgan fingerprint density at radius 1 is 1.50 bits per heavy atom. The summed E-state index contributed by atoms with van der Waals surface area (Å²) in [6.07, 6.45) is 0.935. The van der Waals surface area contributed by atoms with E-state index < -0.39 is 0 Å². The molecule has 0 aliphatic rings. The third-order valence-corrected chi connectivity index (χ3v) is 2.91. The standard InChI is InChI=1S/C10H12N2OS/c1-13-5-4-7-2-3-8-9(6-7)14-10(11)12-8/h2-3,6H,4-5H2,1H3,(H2,11,12). The van der Waals surface area contributed by atoms with Gasteiger partial charge in [-0.2, -0.15) is 0 Å². The topological polar surface area (TPSA) is 48.1 Å². The predicted octanol–water partition coefficient (Wildman–Crippen LogP) is 2.07. The summed E-state index contributed by atoms with van der Waals surface area (Å²) in [6.45, 7) is 0.750. The van der Waals surface area contributed by atoms with Crippen LogP contribution >= 0.6 is 11.3 Å². The fourth-order valence-electron chi connectivity index (χ4n) is 1.36. The summed E-state index contributed by atoms with van der Waals surface area (Å²) in [7, 11) is 1.71. The molecule has 0 saturated carbocycles. The van der Waals surface area contributed by atoms with E-state index in [0.29, 0.717) is 5.13 Å². The molecule has 3 nitrogen and oxygen atoms in total. The van der Waals surface area contributed by atoms with E-state index in [1.54, 1.807) is 7.11 Å². The van der Waals surface area contributed by atoms with E-state index in [1.165, 1.54) is 16.9 Å². The molecule has 0 radical (unpaired) electrons. The lowest BCUT2D eigenvalue weighted by molar-refractivity contribution is 0.202. The van der Waals surface area contributed by atoms with Gasteiger partial charge in [-0.3, -0.25) is 0 Å². The van der Waals surface area contributed by atoms with Crippen LogP contribution in [0.1, 0.15) is 5.56 Å². The van der Waals surface area contributed by atoms with E-state index in [-0.39, 0.29) is 0 Å². The first-order valence-electron chi connectivity index (χ1n) is 4.43. The van der Waals surface area contributed by atoms with E-state index in [9.17, 15) is 0 Å². The number of nitrogen functional groups attached to an aromatic ring is 1. The van der Waals surface area contributed by atoms with E-state index in [2.05, 4.69) is 17.1 Å². The lowest BCUT2D eigenvalue weighted by atomic mass is 10.1. The molecule has 0 aliphatic carbocycles. The fraction of sp³-hybridized carbons (Fsp3) is 0.300. The molecule has 1 heterocycles.